The summed E-state index contributed by atoms with van der Waals surface area (Å²) in [5.41, 5.74) is -0.0776. The third-order valence-corrected chi connectivity index (χ3v) is 5.24. The third kappa shape index (κ3) is 3.90. The fourth-order valence-electron chi connectivity index (χ4n) is 3.35. The number of amides is 1. The molecule has 1 saturated carbocycles. The number of carbonyl (C=O) groups is 1. The molecule has 0 spiro atoms. The quantitative estimate of drug-likeness (QED) is 0.871. The Hall–Kier alpha value is -1.46. The zero-order valence-electron chi connectivity index (χ0n) is 13.6. The number of benzene rings is 1. The number of likely N-dealkylation sites (tertiary alicyclic amines) is 1. The van der Waals surface area contributed by atoms with E-state index in [1.165, 1.54) is 12.1 Å². The van der Waals surface area contributed by atoms with Crippen LogP contribution in [0.15, 0.2) is 24.3 Å². The van der Waals surface area contributed by atoms with E-state index in [-0.39, 0.29) is 17.6 Å². The highest BCUT2D eigenvalue weighted by molar-refractivity contribution is 5.81. The van der Waals surface area contributed by atoms with Crippen LogP contribution in [0.25, 0.3) is 0 Å². The lowest BCUT2D eigenvalue weighted by Crippen LogP contribution is -2.45. The van der Waals surface area contributed by atoms with Gasteiger partial charge in [-0.3, -0.25) is 4.79 Å². The minimum absolute atomic E-state index is 0.178. The first kappa shape index (κ1) is 16.4. The van der Waals surface area contributed by atoms with Gasteiger partial charge in [-0.15, -0.1) is 0 Å². The van der Waals surface area contributed by atoms with Crippen LogP contribution in [0.1, 0.15) is 31.7 Å². The lowest BCUT2D eigenvalue weighted by Gasteiger charge is -2.38. The van der Waals surface area contributed by atoms with E-state index in [0.717, 1.165) is 31.6 Å². The lowest BCUT2D eigenvalue weighted by atomic mass is 9.84. The second kappa shape index (κ2) is 6.57. The minimum atomic E-state index is -0.864. The first-order valence-corrected chi connectivity index (χ1v) is 8.46. The van der Waals surface area contributed by atoms with Gasteiger partial charge in [-0.25, -0.2) is 4.39 Å². The van der Waals surface area contributed by atoms with E-state index in [9.17, 15) is 14.3 Å². The number of nitrogens with one attached hydrogen (secondary N) is 1. The summed E-state index contributed by atoms with van der Waals surface area (Å²) in [6, 6.07) is 6.13. The summed E-state index contributed by atoms with van der Waals surface area (Å²) in [5.74, 6) is 0.656. The summed E-state index contributed by atoms with van der Waals surface area (Å²) < 4.78 is 13.0. The van der Waals surface area contributed by atoms with Gasteiger partial charge in [0.2, 0.25) is 5.91 Å². The molecule has 2 fully saturated rings. The molecule has 1 aromatic carbocycles. The van der Waals surface area contributed by atoms with Gasteiger partial charge in [0.15, 0.2) is 0 Å². The normalized spacial score (nSPS) is 26.7. The van der Waals surface area contributed by atoms with E-state index in [0.29, 0.717) is 25.3 Å². The van der Waals surface area contributed by atoms with Crippen LogP contribution in [0.4, 0.5) is 4.39 Å². The molecular weight excluding hydrogens is 295 g/mol. The minimum Gasteiger partial charge on any atom is -0.385 e. The zero-order chi connectivity index (χ0) is 16.4. The molecule has 23 heavy (non-hydrogen) atoms. The summed E-state index contributed by atoms with van der Waals surface area (Å²) in [5, 5.41) is 13.8. The Balaban J connectivity index is 1.43. The van der Waals surface area contributed by atoms with Crippen molar-refractivity contribution in [1.82, 2.24) is 10.2 Å². The Morgan fingerprint density at radius 1 is 1.35 bits per heavy atom. The maximum absolute atomic E-state index is 13.0. The molecule has 5 heteroatoms. The van der Waals surface area contributed by atoms with Gasteiger partial charge in [0, 0.05) is 32.1 Å². The van der Waals surface area contributed by atoms with Gasteiger partial charge < -0.3 is 15.3 Å². The fraction of sp³-hybridized carbons (Fsp3) is 0.611. The van der Waals surface area contributed by atoms with Gasteiger partial charge in [-0.2, -0.15) is 0 Å². The number of nitrogens with zero attached hydrogens (tertiary/aromatic N) is 1. The van der Waals surface area contributed by atoms with Gasteiger partial charge in [-0.05, 0) is 42.9 Å². The van der Waals surface area contributed by atoms with Crippen LogP contribution in [-0.2, 0) is 10.4 Å². The SMILES string of the molecule is C[C@@H]1C[C@H]1C(=O)NCCN1CCC(O)(c2ccc(F)cc2)CC1. The zero-order valence-corrected chi connectivity index (χ0v) is 13.6. The standard InChI is InChI=1S/C18H25FN2O2/c1-13-12-16(13)17(22)20-8-11-21-9-6-18(23,7-10-21)14-2-4-15(19)5-3-14/h2-5,13,16,23H,6-12H2,1H3,(H,20,22)/t13-,16-/m1/s1. The van der Waals surface area contributed by atoms with E-state index in [2.05, 4.69) is 17.1 Å². The first-order valence-electron chi connectivity index (χ1n) is 8.46. The lowest BCUT2D eigenvalue weighted by molar-refractivity contribution is -0.122. The summed E-state index contributed by atoms with van der Waals surface area (Å²) in [4.78, 5) is 14.0. The van der Waals surface area contributed by atoms with E-state index < -0.39 is 5.60 Å². The van der Waals surface area contributed by atoms with Crippen molar-refractivity contribution in [1.29, 1.82) is 0 Å². The average Bonchev–Trinajstić information content (AvgIpc) is 3.27. The highest BCUT2D eigenvalue weighted by atomic mass is 19.1. The van der Waals surface area contributed by atoms with E-state index >= 15 is 0 Å². The molecule has 1 heterocycles. The topological polar surface area (TPSA) is 52.6 Å². The maximum atomic E-state index is 13.0. The van der Waals surface area contributed by atoms with Crippen LogP contribution in [0.5, 0.6) is 0 Å². The maximum Gasteiger partial charge on any atom is 0.223 e. The van der Waals surface area contributed by atoms with Crippen LogP contribution < -0.4 is 5.32 Å². The molecule has 0 unspecified atom stereocenters. The van der Waals surface area contributed by atoms with Crippen molar-refractivity contribution in [2.75, 3.05) is 26.2 Å². The summed E-state index contributed by atoms with van der Waals surface area (Å²) in [6.07, 6.45) is 2.28. The van der Waals surface area contributed by atoms with Crippen molar-refractivity contribution in [2.45, 2.75) is 31.8 Å². The number of halogens is 1. The van der Waals surface area contributed by atoms with Gasteiger partial charge in [0.05, 0.1) is 5.60 Å². The number of rotatable bonds is 5. The predicted molar refractivity (Wildman–Crippen MR) is 86.3 cm³/mol. The second-order valence-corrected chi connectivity index (χ2v) is 6.99. The molecule has 2 N–H and O–H groups in total. The van der Waals surface area contributed by atoms with E-state index in [1.807, 2.05) is 0 Å². The van der Waals surface area contributed by atoms with Gasteiger partial charge in [0.25, 0.3) is 0 Å². The van der Waals surface area contributed by atoms with E-state index in [4.69, 9.17) is 0 Å². The molecule has 1 aliphatic heterocycles. The van der Waals surface area contributed by atoms with Crippen molar-refractivity contribution in [3.05, 3.63) is 35.6 Å². The first-order chi connectivity index (χ1) is 11.0. The highest BCUT2D eigenvalue weighted by Gasteiger charge is 2.39. The average molecular weight is 320 g/mol. The molecule has 2 atom stereocenters. The Kier molecular flexibility index (Phi) is 4.69. The van der Waals surface area contributed by atoms with Crippen LogP contribution in [0, 0.1) is 17.7 Å². The highest BCUT2D eigenvalue weighted by Crippen LogP contribution is 2.37. The Labute approximate surface area is 136 Å². The second-order valence-electron chi connectivity index (χ2n) is 6.99. The van der Waals surface area contributed by atoms with Gasteiger partial charge in [0.1, 0.15) is 5.82 Å². The van der Waals surface area contributed by atoms with Crippen molar-refractivity contribution in [2.24, 2.45) is 11.8 Å². The molecule has 1 amide bonds. The number of piperidine rings is 1. The molecule has 1 saturated heterocycles. The molecule has 0 radical (unpaired) electrons. The smallest absolute Gasteiger partial charge is 0.223 e. The number of hydrogen-bond acceptors (Lipinski definition) is 3. The van der Waals surface area contributed by atoms with Crippen LogP contribution in [0.2, 0.25) is 0 Å². The van der Waals surface area contributed by atoms with Crippen LogP contribution in [-0.4, -0.2) is 42.1 Å². The molecular formula is C18H25FN2O2. The predicted octanol–water partition coefficient (Wildman–Crippen LogP) is 1.88. The molecule has 2 aliphatic rings. The van der Waals surface area contributed by atoms with Crippen LogP contribution >= 0.6 is 0 Å². The Bertz CT molecular complexity index is 553. The molecule has 0 bridgehead atoms. The van der Waals surface area contributed by atoms with Crippen molar-refractivity contribution >= 4 is 5.91 Å². The summed E-state index contributed by atoms with van der Waals surface area (Å²) in [7, 11) is 0. The van der Waals surface area contributed by atoms with E-state index in [1.54, 1.807) is 12.1 Å². The van der Waals surface area contributed by atoms with Crippen LogP contribution in [0.3, 0.4) is 0 Å². The third-order valence-electron chi connectivity index (χ3n) is 5.24. The van der Waals surface area contributed by atoms with Gasteiger partial charge >= 0.3 is 0 Å². The molecule has 4 nitrogen and oxygen atoms in total. The fourth-order valence-corrected chi connectivity index (χ4v) is 3.35. The Morgan fingerprint density at radius 3 is 2.52 bits per heavy atom. The molecule has 1 aliphatic carbocycles. The number of aliphatic hydroxyl groups is 1. The van der Waals surface area contributed by atoms with Crippen molar-refractivity contribution in [3.8, 4) is 0 Å². The Morgan fingerprint density at radius 2 is 1.96 bits per heavy atom. The monoisotopic (exact) mass is 320 g/mol. The summed E-state index contributed by atoms with van der Waals surface area (Å²) >= 11 is 0. The summed E-state index contributed by atoms with van der Waals surface area (Å²) in [6.45, 7) is 5.14. The largest absolute Gasteiger partial charge is 0.385 e. The molecule has 1 aromatic rings. The molecule has 126 valence electrons. The number of carbonyl (C=O) groups excluding carboxylic acids is 1. The van der Waals surface area contributed by atoms with Crippen molar-refractivity contribution < 1.29 is 14.3 Å². The molecule has 3 rings (SSSR count). The van der Waals surface area contributed by atoms with Crippen molar-refractivity contribution in [3.63, 3.8) is 0 Å². The molecule has 0 aromatic heterocycles. The van der Waals surface area contributed by atoms with Gasteiger partial charge in [-0.1, -0.05) is 19.1 Å². The number of hydrogen-bond donors (Lipinski definition) is 2.